The predicted octanol–water partition coefficient (Wildman–Crippen LogP) is 0.411. The first-order valence-electron chi connectivity index (χ1n) is 3.77. The molecule has 1 fully saturated rings. The molecular formula is C7H14FNO. The van der Waals surface area contributed by atoms with E-state index in [1.807, 2.05) is 11.8 Å². The molecule has 1 rings (SSSR count). The van der Waals surface area contributed by atoms with Crippen LogP contribution in [0.4, 0.5) is 4.39 Å². The van der Waals surface area contributed by atoms with E-state index >= 15 is 0 Å². The molecule has 0 amide bonds. The van der Waals surface area contributed by atoms with Crippen LogP contribution in [0.15, 0.2) is 0 Å². The molecule has 0 aliphatic carbocycles. The van der Waals surface area contributed by atoms with E-state index in [1.54, 1.807) is 0 Å². The van der Waals surface area contributed by atoms with Gasteiger partial charge in [0.25, 0.3) is 0 Å². The van der Waals surface area contributed by atoms with E-state index in [4.69, 9.17) is 5.11 Å². The molecule has 1 N–H and O–H groups in total. The van der Waals surface area contributed by atoms with Crippen molar-refractivity contribution < 1.29 is 9.50 Å². The van der Waals surface area contributed by atoms with Gasteiger partial charge in [-0.2, -0.15) is 0 Å². The van der Waals surface area contributed by atoms with E-state index in [1.165, 1.54) is 0 Å². The molecule has 0 saturated carbocycles. The highest BCUT2D eigenvalue weighted by molar-refractivity contribution is 4.80. The molecule has 1 aliphatic heterocycles. The summed E-state index contributed by atoms with van der Waals surface area (Å²) >= 11 is 0. The van der Waals surface area contributed by atoms with Crippen molar-refractivity contribution in [2.45, 2.75) is 25.6 Å². The molecule has 60 valence electrons. The van der Waals surface area contributed by atoms with E-state index in [2.05, 4.69) is 0 Å². The number of alkyl halides is 1. The van der Waals surface area contributed by atoms with E-state index in [0.717, 1.165) is 6.42 Å². The smallest absolute Gasteiger partial charge is 0.125 e. The van der Waals surface area contributed by atoms with Crippen molar-refractivity contribution in [1.29, 1.82) is 0 Å². The zero-order valence-electron chi connectivity index (χ0n) is 6.26. The van der Waals surface area contributed by atoms with Gasteiger partial charge >= 0.3 is 0 Å². The molecule has 2 nitrogen and oxygen atoms in total. The Morgan fingerprint density at radius 1 is 1.70 bits per heavy atom. The molecule has 0 radical (unpaired) electrons. The molecule has 0 aromatic heterocycles. The van der Waals surface area contributed by atoms with Crippen LogP contribution in [-0.4, -0.2) is 41.9 Å². The Hall–Kier alpha value is -0.150. The number of β-amino-alcohol motifs (C(OH)–C–C–N with tert-alkyl or cyclic N) is 1. The molecule has 10 heavy (non-hydrogen) atoms. The Balaban J connectivity index is 2.04. The van der Waals surface area contributed by atoms with Crippen LogP contribution in [0, 0.1) is 0 Å². The molecule has 0 aromatic carbocycles. The van der Waals surface area contributed by atoms with Crippen LogP contribution in [0.5, 0.6) is 0 Å². The Labute approximate surface area is 60.6 Å². The van der Waals surface area contributed by atoms with Crippen LogP contribution in [-0.2, 0) is 0 Å². The first kappa shape index (κ1) is 7.95. The highest BCUT2D eigenvalue weighted by atomic mass is 19.1. The minimum atomic E-state index is -0.649. The molecule has 1 heterocycles. The molecule has 1 atom stereocenters. The van der Waals surface area contributed by atoms with Gasteiger partial charge in [0.05, 0.1) is 6.10 Å². The highest BCUT2D eigenvalue weighted by Crippen LogP contribution is 2.11. The minimum absolute atomic E-state index is 0.271. The summed E-state index contributed by atoms with van der Waals surface area (Å²) in [7, 11) is 0. The molecule has 1 saturated heterocycles. The number of halogens is 1. The van der Waals surface area contributed by atoms with Crippen molar-refractivity contribution >= 4 is 0 Å². The topological polar surface area (TPSA) is 23.5 Å². The van der Waals surface area contributed by atoms with Crippen molar-refractivity contribution in [3.8, 4) is 0 Å². The van der Waals surface area contributed by atoms with Crippen LogP contribution in [0.1, 0.15) is 13.3 Å². The Bertz CT molecular complexity index is 104. The average molecular weight is 147 g/mol. The zero-order chi connectivity index (χ0) is 7.56. The Kier molecular flexibility index (Phi) is 2.63. The van der Waals surface area contributed by atoms with E-state index in [0.29, 0.717) is 19.6 Å². The fraction of sp³-hybridized carbons (Fsp3) is 1.00. The van der Waals surface area contributed by atoms with Crippen molar-refractivity contribution in [2.75, 3.05) is 19.6 Å². The molecule has 0 bridgehead atoms. The number of rotatable bonds is 3. The number of aliphatic hydroxyl groups excluding tert-OH is 1. The van der Waals surface area contributed by atoms with Crippen molar-refractivity contribution in [3.05, 3.63) is 0 Å². The van der Waals surface area contributed by atoms with Crippen LogP contribution in [0.25, 0.3) is 0 Å². The fourth-order valence-corrected chi connectivity index (χ4v) is 1.08. The minimum Gasteiger partial charge on any atom is -0.392 e. The van der Waals surface area contributed by atoms with Crippen LogP contribution in [0.3, 0.4) is 0 Å². The molecule has 1 aliphatic rings. The van der Waals surface area contributed by atoms with E-state index < -0.39 is 6.17 Å². The molecule has 0 spiro atoms. The maximum atomic E-state index is 12.2. The first-order valence-corrected chi connectivity index (χ1v) is 3.77. The number of hydrogen-bond donors (Lipinski definition) is 1. The van der Waals surface area contributed by atoms with Gasteiger partial charge in [-0.15, -0.1) is 0 Å². The summed E-state index contributed by atoms with van der Waals surface area (Å²) < 4.78 is 12.2. The molecular weight excluding hydrogens is 133 g/mol. The zero-order valence-corrected chi connectivity index (χ0v) is 6.26. The Morgan fingerprint density at radius 3 is 2.70 bits per heavy atom. The van der Waals surface area contributed by atoms with Gasteiger partial charge in [-0.25, -0.2) is 4.39 Å². The van der Waals surface area contributed by atoms with E-state index in [-0.39, 0.29) is 6.10 Å². The number of hydrogen-bond acceptors (Lipinski definition) is 2. The quantitative estimate of drug-likeness (QED) is 0.625. The van der Waals surface area contributed by atoms with E-state index in [9.17, 15) is 4.39 Å². The van der Waals surface area contributed by atoms with Gasteiger partial charge in [-0.05, 0) is 6.42 Å². The van der Waals surface area contributed by atoms with Crippen molar-refractivity contribution in [1.82, 2.24) is 4.90 Å². The summed E-state index contributed by atoms with van der Waals surface area (Å²) in [4.78, 5) is 1.93. The van der Waals surface area contributed by atoms with Gasteiger partial charge in [0, 0.05) is 19.6 Å². The lowest BCUT2D eigenvalue weighted by Gasteiger charge is -2.35. The molecule has 3 heteroatoms. The second-order valence-electron chi connectivity index (χ2n) is 2.88. The van der Waals surface area contributed by atoms with Gasteiger partial charge in [0.2, 0.25) is 0 Å². The average Bonchev–Trinajstić information content (AvgIpc) is 1.84. The first-order chi connectivity index (χ1) is 4.72. The standard InChI is InChI=1S/C7H14FNO/c1-2-7(10)5-9-3-6(8)4-9/h6-7,10H,2-5H2,1H3/t7-/m0/s1. The monoisotopic (exact) mass is 147 g/mol. The maximum Gasteiger partial charge on any atom is 0.125 e. The second-order valence-corrected chi connectivity index (χ2v) is 2.88. The fourth-order valence-electron chi connectivity index (χ4n) is 1.08. The summed E-state index contributed by atoms with van der Waals surface area (Å²) in [6.07, 6.45) is -0.162. The highest BCUT2D eigenvalue weighted by Gasteiger charge is 2.26. The lowest BCUT2D eigenvalue weighted by Crippen LogP contribution is -2.50. The summed E-state index contributed by atoms with van der Waals surface area (Å²) in [5.74, 6) is 0. The van der Waals surface area contributed by atoms with Crippen LogP contribution in [0.2, 0.25) is 0 Å². The summed E-state index contributed by atoms with van der Waals surface area (Å²) in [6, 6.07) is 0. The number of likely N-dealkylation sites (tertiary alicyclic amines) is 1. The predicted molar refractivity (Wildman–Crippen MR) is 37.6 cm³/mol. The lowest BCUT2D eigenvalue weighted by molar-refractivity contribution is 0.0214. The normalized spacial score (nSPS) is 24.3. The van der Waals surface area contributed by atoms with Crippen LogP contribution >= 0.6 is 0 Å². The van der Waals surface area contributed by atoms with Crippen molar-refractivity contribution in [3.63, 3.8) is 0 Å². The number of nitrogens with zero attached hydrogens (tertiary/aromatic N) is 1. The third-order valence-corrected chi connectivity index (χ3v) is 1.85. The summed E-state index contributed by atoms with van der Waals surface area (Å²) in [5.41, 5.74) is 0. The van der Waals surface area contributed by atoms with Crippen molar-refractivity contribution in [2.24, 2.45) is 0 Å². The van der Waals surface area contributed by atoms with Gasteiger partial charge < -0.3 is 5.11 Å². The van der Waals surface area contributed by atoms with Crippen LogP contribution < -0.4 is 0 Å². The van der Waals surface area contributed by atoms with Gasteiger partial charge in [-0.1, -0.05) is 6.92 Å². The SMILES string of the molecule is CC[C@H](O)CN1CC(F)C1. The molecule has 0 unspecified atom stereocenters. The Morgan fingerprint density at radius 2 is 2.30 bits per heavy atom. The summed E-state index contributed by atoms with van der Waals surface area (Å²) in [5, 5.41) is 9.12. The largest absolute Gasteiger partial charge is 0.392 e. The molecule has 0 aromatic rings. The third kappa shape index (κ3) is 1.92. The lowest BCUT2D eigenvalue weighted by atomic mass is 10.1. The number of aliphatic hydroxyl groups is 1. The second kappa shape index (κ2) is 3.30. The summed E-state index contributed by atoms with van der Waals surface area (Å²) in [6.45, 7) is 3.59. The maximum absolute atomic E-state index is 12.2. The third-order valence-electron chi connectivity index (χ3n) is 1.85. The van der Waals surface area contributed by atoms with Gasteiger partial charge in [-0.3, -0.25) is 4.90 Å². The van der Waals surface area contributed by atoms with Gasteiger partial charge in [0.1, 0.15) is 6.17 Å². The van der Waals surface area contributed by atoms with Gasteiger partial charge in [0.15, 0.2) is 0 Å².